The summed E-state index contributed by atoms with van der Waals surface area (Å²) >= 11 is 0. The van der Waals surface area contributed by atoms with E-state index in [0.717, 1.165) is 15.7 Å². The maximum Gasteiger partial charge on any atom is 0.259 e. The fourth-order valence-corrected chi connectivity index (χ4v) is 4.15. The molecule has 0 saturated carbocycles. The van der Waals surface area contributed by atoms with Crippen molar-refractivity contribution in [2.45, 2.75) is 12.5 Å². The lowest BCUT2D eigenvalue weighted by Crippen LogP contribution is -2.41. The molecule has 1 heterocycles. The van der Waals surface area contributed by atoms with Crippen molar-refractivity contribution in [3.8, 4) is 17.2 Å². The van der Waals surface area contributed by atoms with E-state index in [2.05, 4.69) is 0 Å². The van der Waals surface area contributed by atoms with E-state index in [1.807, 2.05) is 36.4 Å². The lowest BCUT2D eigenvalue weighted by atomic mass is 9.95. The molecule has 0 aliphatic carbocycles. The van der Waals surface area contributed by atoms with E-state index in [0.29, 0.717) is 34.8 Å². The number of benzene rings is 3. The van der Waals surface area contributed by atoms with Crippen LogP contribution in [0.15, 0.2) is 72.3 Å². The predicted molar refractivity (Wildman–Crippen MR) is 133 cm³/mol. The number of aliphatic hydroxyl groups is 1. The van der Waals surface area contributed by atoms with Gasteiger partial charge in [-0.2, -0.15) is 0 Å². The second kappa shape index (κ2) is 10.4. The number of carbonyl (C=O) groups is 2. The standard InChI is InChI=1S/C28H27NO6/c1-33-23-15-18(16-24(34-2)27(23)35-3)10-13-25(30)29-14-6-9-22(28(29)32)26(31)21-12-11-19-7-4-5-8-20(19)17-21/h4-5,7-13,15-17,26,31H,6,14H2,1-3H3/b13-10+. The normalized spacial score (nSPS) is 14.7. The molecule has 0 bridgehead atoms. The number of aliphatic hydroxyl groups excluding tert-OH is 1. The monoisotopic (exact) mass is 473 g/mol. The van der Waals surface area contributed by atoms with Gasteiger partial charge in [0.15, 0.2) is 11.5 Å². The summed E-state index contributed by atoms with van der Waals surface area (Å²) in [5.41, 5.74) is 1.44. The maximum absolute atomic E-state index is 13.1. The molecule has 0 aromatic heterocycles. The van der Waals surface area contributed by atoms with E-state index < -0.39 is 17.9 Å². The first-order valence-electron chi connectivity index (χ1n) is 11.2. The van der Waals surface area contributed by atoms with Crippen molar-refractivity contribution in [1.29, 1.82) is 0 Å². The van der Waals surface area contributed by atoms with Gasteiger partial charge in [0.2, 0.25) is 5.75 Å². The summed E-state index contributed by atoms with van der Waals surface area (Å²) in [7, 11) is 4.53. The van der Waals surface area contributed by atoms with Gasteiger partial charge >= 0.3 is 0 Å². The van der Waals surface area contributed by atoms with Crippen LogP contribution in [0.1, 0.15) is 23.7 Å². The van der Waals surface area contributed by atoms with Crippen molar-refractivity contribution in [3.05, 3.63) is 83.4 Å². The van der Waals surface area contributed by atoms with Crippen LogP contribution in [0.4, 0.5) is 0 Å². The predicted octanol–water partition coefficient (Wildman–Crippen LogP) is 4.30. The Bertz CT molecular complexity index is 1300. The molecule has 3 aromatic rings. The number of rotatable bonds is 7. The van der Waals surface area contributed by atoms with Crippen LogP contribution < -0.4 is 14.2 Å². The average molecular weight is 474 g/mol. The largest absolute Gasteiger partial charge is 0.493 e. The van der Waals surface area contributed by atoms with Crippen molar-refractivity contribution >= 4 is 28.7 Å². The number of hydrogen-bond donors (Lipinski definition) is 1. The number of carbonyl (C=O) groups excluding carboxylic acids is 2. The molecule has 3 aromatic carbocycles. The van der Waals surface area contributed by atoms with E-state index in [9.17, 15) is 14.7 Å². The first-order valence-corrected chi connectivity index (χ1v) is 11.2. The number of nitrogens with zero attached hydrogens (tertiary/aromatic N) is 1. The molecule has 0 fully saturated rings. The van der Waals surface area contributed by atoms with Gasteiger partial charge < -0.3 is 19.3 Å². The highest BCUT2D eigenvalue weighted by molar-refractivity contribution is 6.09. The van der Waals surface area contributed by atoms with Crippen molar-refractivity contribution in [2.75, 3.05) is 27.9 Å². The summed E-state index contributed by atoms with van der Waals surface area (Å²) in [6.07, 6.45) is 3.95. The summed E-state index contributed by atoms with van der Waals surface area (Å²) in [5, 5.41) is 13.0. The van der Waals surface area contributed by atoms with Gasteiger partial charge in [-0.05, 0) is 52.6 Å². The van der Waals surface area contributed by atoms with Crippen molar-refractivity contribution in [2.24, 2.45) is 0 Å². The fraction of sp³-hybridized carbons (Fsp3) is 0.214. The van der Waals surface area contributed by atoms with Crippen molar-refractivity contribution in [3.63, 3.8) is 0 Å². The van der Waals surface area contributed by atoms with Crippen LogP contribution in [-0.2, 0) is 9.59 Å². The minimum Gasteiger partial charge on any atom is -0.493 e. The van der Waals surface area contributed by atoms with E-state index in [1.165, 1.54) is 27.4 Å². The second-order valence-electron chi connectivity index (χ2n) is 8.04. The molecule has 1 aliphatic rings. The molecule has 0 saturated heterocycles. The summed E-state index contributed by atoms with van der Waals surface area (Å²) < 4.78 is 16.0. The van der Waals surface area contributed by atoms with E-state index in [1.54, 1.807) is 30.4 Å². The first kappa shape index (κ1) is 24.0. The van der Waals surface area contributed by atoms with Gasteiger partial charge in [-0.1, -0.05) is 42.5 Å². The van der Waals surface area contributed by atoms with Gasteiger partial charge in [-0.15, -0.1) is 0 Å². The molecule has 1 unspecified atom stereocenters. The van der Waals surface area contributed by atoms with Crippen LogP contribution in [-0.4, -0.2) is 49.7 Å². The highest BCUT2D eigenvalue weighted by Crippen LogP contribution is 2.38. The van der Waals surface area contributed by atoms with Crippen LogP contribution in [0.3, 0.4) is 0 Å². The van der Waals surface area contributed by atoms with Crippen LogP contribution in [0, 0.1) is 0 Å². The van der Waals surface area contributed by atoms with Crippen LogP contribution in [0.25, 0.3) is 16.8 Å². The molecule has 7 heteroatoms. The summed E-state index contributed by atoms with van der Waals surface area (Å²) in [5.74, 6) is 0.382. The molecule has 35 heavy (non-hydrogen) atoms. The Morgan fingerprint density at radius 3 is 2.31 bits per heavy atom. The summed E-state index contributed by atoms with van der Waals surface area (Å²) in [4.78, 5) is 27.2. The Kier molecular flexibility index (Phi) is 7.17. The van der Waals surface area contributed by atoms with E-state index in [-0.39, 0.29) is 12.1 Å². The minimum atomic E-state index is -1.12. The Morgan fingerprint density at radius 1 is 0.971 bits per heavy atom. The lowest BCUT2D eigenvalue weighted by Gasteiger charge is -2.27. The minimum absolute atomic E-state index is 0.195. The molecule has 0 spiro atoms. The van der Waals surface area contributed by atoms with Gasteiger partial charge in [0.25, 0.3) is 11.8 Å². The average Bonchev–Trinajstić information content (AvgIpc) is 2.90. The Labute approximate surface area is 203 Å². The molecule has 180 valence electrons. The van der Waals surface area contributed by atoms with Gasteiger partial charge in [-0.3, -0.25) is 14.5 Å². The molecule has 1 atom stereocenters. The third-order valence-corrected chi connectivity index (χ3v) is 5.96. The van der Waals surface area contributed by atoms with Gasteiger partial charge in [0.05, 0.1) is 21.3 Å². The SMILES string of the molecule is COc1cc(/C=C/C(=O)N2CCC=C(C(O)c3ccc4ccccc4c3)C2=O)cc(OC)c1OC. The first-order chi connectivity index (χ1) is 17.0. The zero-order valence-corrected chi connectivity index (χ0v) is 19.9. The van der Waals surface area contributed by atoms with Crippen molar-refractivity contribution < 1.29 is 28.9 Å². The zero-order chi connectivity index (χ0) is 24.9. The number of fused-ring (bicyclic) bond motifs is 1. The highest BCUT2D eigenvalue weighted by Gasteiger charge is 2.30. The number of methoxy groups -OCH3 is 3. The third-order valence-electron chi connectivity index (χ3n) is 5.96. The smallest absolute Gasteiger partial charge is 0.259 e. The number of hydrogen-bond acceptors (Lipinski definition) is 6. The van der Waals surface area contributed by atoms with Crippen LogP contribution >= 0.6 is 0 Å². The number of imide groups is 1. The van der Waals surface area contributed by atoms with Crippen molar-refractivity contribution in [1.82, 2.24) is 4.90 Å². The van der Waals surface area contributed by atoms with Gasteiger partial charge in [0, 0.05) is 18.2 Å². The number of ether oxygens (including phenoxy) is 3. The molecule has 7 nitrogen and oxygen atoms in total. The highest BCUT2D eigenvalue weighted by atomic mass is 16.5. The van der Waals surface area contributed by atoms with Crippen LogP contribution in [0.2, 0.25) is 0 Å². The Morgan fingerprint density at radius 2 is 1.66 bits per heavy atom. The zero-order valence-electron chi connectivity index (χ0n) is 19.9. The van der Waals surface area contributed by atoms with Crippen LogP contribution in [0.5, 0.6) is 17.2 Å². The molecule has 4 rings (SSSR count). The molecule has 1 N–H and O–H groups in total. The number of amides is 2. The molecular weight excluding hydrogens is 446 g/mol. The van der Waals surface area contributed by atoms with E-state index >= 15 is 0 Å². The van der Waals surface area contributed by atoms with Gasteiger partial charge in [-0.25, -0.2) is 0 Å². The maximum atomic E-state index is 13.1. The molecule has 0 radical (unpaired) electrons. The third kappa shape index (κ3) is 4.90. The quantitative estimate of drug-likeness (QED) is 0.515. The Balaban J connectivity index is 1.53. The fourth-order valence-electron chi connectivity index (χ4n) is 4.15. The molecule has 1 aliphatic heterocycles. The second-order valence-corrected chi connectivity index (χ2v) is 8.04. The Hall–Kier alpha value is -4.10. The van der Waals surface area contributed by atoms with E-state index in [4.69, 9.17) is 14.2 Å². The topological polar surface area (TPSA) is 85.3 Å². The summed E-state index contributed by atoms with van der Waals surface area (Å²) in [6, 6.07) is 16.8. The lowest BCUT2D eigenvalue weighted by molar-refractivity contribution is -0.140. The molecular formula is C28H27NO6. The molecule has 2 amide bonds. The summed E-state index contributed by atoms with van der Waals surface area (Å²) in [6.45, 7) is 0.241. The van der Waals surface area contributed by atoms with Gasteiger partial charge in [0.1, 0.15) is 6.10 Å².